The fraction of sp³-hybridized carbons (Fsp3) is 0. The molecule has 0 spiro atoms. The summed E-state index contributed by atoms with van der Waals surface area (Å²) in [6.45, 7) is 0. The van der Waals surface area contributed by atoms with Crippen LogP contribution in [0.15, 0.2) is 83.3 Å². The van der Waals surface area contributed by atoms with E-state index in [9.17, 15) is 0 Å². The van der Waals surface area contributed by atoms with E-state index in [2.05, 4.69) is 157 Å². The fourth-order valence-corrected chi connectivity index (χ4v) is 9.79. The smallest absolute Gasteiger partial charge is 0.167 e. The Hall–Kier alpha value is -5.00. The maximum absolute atomic E-state index is 7.04. The summed E-state index contributed by atoms with van der Waals surface area (Å²) < 4.78 is 9.60. The molecular weight excluding hydrogens is 667 g/mol. The first-order valence-corrected chi connectivity index (χ1v) is 19.5. The predicted octanol–water partition coefficient (Wildman–Crippen LogP) is -6.61. The summed E-state index contributed by atoms with van der Waals surface area (Å²) in [4.78, 5) is 16.0. The van der Waals surface area contributed by atoms with E-state index < -0.39 is 0 Å². The third-order valence-corrected chi connectivity index (χ3v) is 13.8. The highest BCUT2D eigenvalue weighted by Gasteiger charge is 2.24. The van der Waals surface area contributed by atoms with Gasteiger partial charge in [0.05, 0.1) is 5.56 Å². The van der Waals surface area contributed by atoms with Gasteiger partial charge in [-0.1, -0.05) is 88.6 Å². The van der Waals surface area contributed by atoms with Crippen LogP contribution >= 0.6 is 11.3 Å². The second-order valence-electron chi connectivity index (χ2n) is 15.1. The average Bonchev–Trinajstić information content (AvgIpc) is 3.77. The molecule has 0 aliphatic carbocycles. The number of fused-ring (bicyclic) bond motifs is 6. The van der Waals surface area contributed by atoms with E-state index >= 15 is 0 Å². The van der Waals surface area contributed by atoms with Crippen molar-refractivity contribution in [3.63, 3.8) is 0 Å². The van der Waals surface area contributed by atoms with Crippen LogP contribution in [0.1, 0.15) is 0 Å². The van der Waals surface area contributed by atoms with Gasteiger partial charge in [0.1, 0.15) is 89.6 Å². The van der Waals surface area contributed by atoms with Gasteiger partial charge in [0, 0.05) is 53.2 Å². The SMILES string of the molecule is Bc1c(B)c(B)c(-c2nc(-c3c(B)c(B)c(B)c(B)c3B)nc(-c3cccc4c3oc3c(-c5cccc6c5sc5ccccc56)cccc34)n2)c(B)c1B. The minimum Gasteiger partial charge on any atom is -0.455 e. The zero-order valence-electron chi connectivity index (χ0n) is 32.7. The number of rotatable bonds is 4. The molecule has 246 valence electrons. The van der Waals surface area contributed by atoms with Gasteiger partial charge in [0.15, 0.2) is 17.5 Å². The number of thiophene rings is 1. The van der Waals surface area contributed by atoms with E-state index in [1.807, 2.05) is 11.3 Å². The molecule has 0 saturated heterocycles. The van der Waals surface area contributed by atoms with Crippen molar-refractivity contribution in [3.05, 3.63) is 78.9 Å². The van der Waals surface area contributed by atoms with E-state index in [-0.39, 0.29) is 0 Å². The van der Waals surface area contributed by atoms with Crippen LogP contribution in [0.3, 0.4) is 0 Å². The van der Waals surface area contributed by atoms with Crippen LogP contribution < -0.4 is 54.6 Å². The van der Waals surface area contributed by atoms with Crippen LogP contribution in [0.4, 0.5) is 0 Å². The molecule has 0 atom stereocenters. The topological polar surface area (TPSA) is 51.8 Å². The van der Waals surface area contributed by atoms with Crippen LogP contribution in [0.25, 0.3) is 87.4 Å². The van der Waals surface area contributed by atoms with Crippen molar-refractivity contribution < 1.29 is 4.42 Å². The quantitative estimate of drug-likeness (QED) is 0.172. The molecule has 0 saturated carbocycles. The van der Waals surface area contributed by atoms with Gasteiger partial charge in [-0.3, -0.25) is 0 Å². The average molecular weight is 700 g/mol. The largest absolute Gasteiger partial charge is 0.455 e. The molecule has 0 bridgehead atoms. The number of para-hydroxylation sites is 2. The molecule has 9 aromatic rings. The Morgan fingerprint density at radius 2 is 0.778 bits per heavy atom. The number of nitrogens with zero attached hydrogens (tertiary/aromatic N) is 3. The van der Waals surface area contributed by atoms with Crippen molar-refractivity contribution in [3.8, 4) is 45.3 Å². The molecule has 0 N–H and O–H groups in total. The Balaban J connectivity index is 1.34. The minimum absolute atomic E-state index is 0.608. The third kappa shape index (κ3) is 5.07. The number of benzene rings is 6. The van der Waals surface area contributed by atoms with Gasteiger partial charge in [-0.15, -0.1) is 44.1 Å². The van der Waals surface area contributed by atoms with Gasteiger partial charge >= 0.3 is 0 Å². The van der Waals surface area contributed by atoms with Gasteiger partial charge in [0.25, 0.3) is 0 Å². The summed E-state index contributed by atoms with van der Waals surface area (Å²) in [7, 11) is 22.0. The Bertz CT molecular complexity index is 2940. The summed E-state index contributed by atoms with van der Waals surface area (Å²) in [5.74, 6) is 1.99. The van der Waals surface area contributed by atoms with Gasteiger partial charge < -0.3 is 4.42 Å². The lowest BCUT2D eigenvalue weighted by Crippen LogP contribution is -2.55. The molecular formula is C39H33B10N3OS. The zero-order valence-corrected chi connectivity index (χ0v) is 33.5. The summed E-state index contributed by atoms with van der Waals surface area (Å²) in [6.07, 6.45) is 0. The lowest BCUT2D eigenvalue weighted by Gasteiger charge is -2.22. The summed E-state index contributed by atoms with van der Waals surface area (Å²) in [5, 5.41) is 4.67. The van der Waals surface area contributed by atoms with E-state index in [0.29, 0.717) is 17.5 Å². The molecule has 0 aliphatic rings. The van der Waals surface area contributed by atoms with Crippen LogP contribution in [0, 0.1) is 0 Å². The van der Waals surface area contributed by atoms with E-state index in [1.54, 1.807) is 0 Å². The molecule has 15 heteroatoms. The van der Waals surface area contributed by atoms with Crippen molar-refractivity contribution in [1.29, 1.82) is 0 Å². The first-order valence-electron chi connectivity index (χ1n) is 18.7. The Labute approximate surface area is 328 Å². The lowest BCUT2D eigenvalue weighted by molar-refractivity contribution is 0.670. The van der Waals surface area contributed by atoms with Crippen molar-refractivity contribution in [2.75, 3.05) is 0 Å². The van der Waals surface area contributed by atoms with E-state index in [0.717, 1.165) is 44.2 Å². The van der Waals surface area contributed by atoms with Crippen LogP contribution in [0.5, 0.6) is 0 Å². The lowest BCUT2D eigenvalue weighted by atomic mass is 9.60. The predicted molar refractivity (Wildman–Crippen MR) is 264 cm³/mol. The third-order valence-electron chi connectivity index (χ3n) is 12.5. The van der Waals surface area contributed by atoms with Crippen molar-refractivity contribution in [1.82, 2.24) is 15.0 Å². The number of hydrogen-bond acceptors (Lipinski definition) is 5. The maximum atomic E-state index is 7.04. The number of hydrogen-bond donors (Lipinski definition) is 0. The van der Waals surface area contributed by atoms with Gasteiger partial charge in [-0.05, 0) is 12.1 Å². The second kappa shape index (κ2) is 12.8. The molecule has 0 unspecified atom stereocenters. The molecule has 6 aromatic carbocycles. The highest BCUT2D eigenvalue weighted by Crippen LogP contribution is 2.44. The number of aromatic nitrogens is 3. The van der Waals surface area contributed by atoms with Gasteiger partial charge in [-0.25, -0.2) is 15.0 Å². The molecule has 0 aliphatic heterocycles. The monoisotopic (exact) mass is 701 g/mol. The first-order chi connectivity index (χ1) is 26.0. The molecule has 54 heavy (non-hydrogen) atoms. The summed E-state index contributed by atoms with van der Waals surface area (Å²) in [6, 6.07) is 28.1. The Morgan fingerprint density at radius 1 is 0.370 bits per heavy atom. The Morgan fingerprint density at radius 3 is 1.33 bits per heavy atom. The van der Waals surface area contributed by atoms with E-state index in [1.165, 1.54) is 80.4 Å². The number of furan rings is 1. The summed E-state index contributed by atoms with van der Waals surface area (Å²) >= 11 is 1.84. The summed E-state index contributed by atoms with van der Waals surface area (Å²) in [5.41, 5.74) is 19.4. The van der Waals surface area contributed by atoms with Crippen molar-refractivity contribution in [2.24, 2.45) is 0 Å². The van der Waals surface area contributed by atoms with Crippen LogP contribution in [-0.2, 0) is 0 Å². The zero-order chi connectivity index (χ0) is 37.7. The van der Waals surface area contributed by atoms with Crippen molar-refractivity contribution in [2.45, 2.75) is 0 Å². The highest BCUT2D eigenvalue weighted by atomic mass is 32.1. The first kappa shape index (κ1) is 34.7. The molecule has 0 fully saturated rings. The van der Waals surface area contributed by atoms with Gasteiger partial charge in [-0.2, -0.15) is 0 Å². The van der Waals surface area contributed by atoms with Crippen LogP contribution in [-0.4, -0.2) is 93.4 Å². The molecule has 9 rings (SSSR count). The fourth-order valence-electron chi connectivity index (χ4n) is 8.56. The Kier molecular flexibility index (Phi) is 8.24. The standard InChI is InChI=1S/C39H33B10N3OS/c40-24-22(25(41)29(45)32(48)28(24)44)38-50-37(51-39(52-38)23-26(42)30(46)33(49)31(47)27(23)43)20-12-4-8-16-15-7-3-9-17(34(15)53-35(16)20)19-11-5-10-18-14-6-1-2-13-21(14)54-36(18)19/h1-13H,40-49H2. The van der Waals surface area contributed by atoms with Gasteiger partial charge in [0.2, 0.25) is 0 Å². The van der Waals surface area contributed by atoms with E-state index in [4.69, 9.17) is 19.4 Å². The second-order valence-corrected chi connectivity index (χ2v) is 16.1. The van der Waals surface area contributed by atoms with Crippen LogP contribution in [0.2, 0.25) is 0 Å². The highest BCUT2D eigenvalue weighted by molar-refractivity contribution is 7.26. The maximum Gasteiger partial charge on any atom is 0.167 e. The normalized spacial score (nSPS) is 11.7. The van der Waals surface area contributed by atoms with Crippen molar-refractivity contribution >= 4 is 187 Å². The minimum atomic E-state index is 0.608. The molecule has 0 amide bonds. The molecule has 3 aromatic heterocycles. The molecule has 3 heterocycles. The molecule has 4 nitrogen and oxygen atoms in total. The molecule has 0 radical (unpaired) electrons.